The van der Waals surface area contributed by atoms with Gasteiger partial charge in [-0.2, -0.15) is 0 Å². The number of carbonyl (C=O) groups is 2. The number of amides is 1. The molecule has 0 heterocycles. The molecule has 0 saturated heterocycles. The fourth-order valence-corrected chi connectivity index (χ4v) is 1.36. The minimum absolute atomic E-state index is 0.0191. The first-order valence-corrected chi connectivity index (χ1v) is 5.62. The summed E-state index contributed by atoms with van der Waals surface area (Å²) in [5.41, 5.74) is 0.290. The van der Waals surface area contributed by atoms with E-state index in [4.69, 9.17) is 0 Å². The van der Waals surface area contributed by atoms with Crippen LogP contribution in [0.5, 0.6) is 5.75 Å². The molecule has 1 N–H and O–H groups in total. The number of carboxylic acids is 1. The van der Waals surface area contributed by atoms with E-state index in [9.17, 15) is 27.9 Å². The van der Waals surface area contributed by atoms with Crippen molar-refractivity contribution in [3.8, 4) is 5.75 Å². The first-order valence-electron chi connectivity index (χ1n) is 5.62. The lowest BCUT2D eigenvalue weighted by atomic mass is 10.2. The van der Waals surface area contributed by atoms with Crippen molar-refractivity contribution in [2.75, 3.05) is 5.32 Å². The van der Waals surface area contributed by atoms with Gasteiger partial charge in [-0.25, -0.2) is 0 Å². The molecule has 1 amide bonds. The standard InChI is InChI=1S/C12H12F3NO4/c13-12(14,15)20-9-6-4-8(5-7-9)16-10(17)2-1-3-11(18)19/h4-7H,1-3H2,(H,16,17)(H,18,19)/p-1. The van der Waals surface area contributed by atoms with Gasteiger partial charge in [0.2, 0.25) is 5.91 Å². The molecule has 0 fully saturated rings. The van der Waals surface area contributed by atoms with Gasteiger partial charge in [0.1, 0.15) is 5.75 Å². The topological polar surface area (TPSA) is 78.5 Å². The van der Waals surface area contributed by atoms with Gasteiger partial charge < -0.3 is 20.0 Å². The Labute approximate surface area is 112 Å². The third-order valence-electron chi connectivity index (χ3n) is 2.16. The van der Waals surface area contributed by atoms with Gasteiger partial charge in [0.15, 0.2) is 0 Å². The van der Waals surface area contributed by atoms with Crippen molar-refractivity contribution in [2.45, 2.75) is 25.6 Å². The Morgan fingerprint density at radius 1 is 1.15 bits per heavy atom. The lowest BCUT2D eigenvalue weighted by Gasteiger charge is -2.10. The van der Waals surface area contributed by atoms with Crippen LogP contribution in [0.15, 0.2) is 24.3 Å². The number of rotatable bonds is 6. The molecule has 0 aliphatic carbocycles. The predicted octanol–water partition coefficient (Wildman–Crippen LogP) is 1.44. The van der Waals surface area contributed by atoms with Crippen LogP contribution in [-0.4, -0.2) is 18.2 Å². The Bertz CT molecular complexity index is 471. The van der Waals surface area contributed by atoms with E-state index in [1.807, 2.05) is 0 Å². The molecule has 0 aromatic heterocycles. The fourth-order valence-electron chi connectivity index (χ4n) is 1.36. The number of nitrogens with one attached hydrogen (secondary N) is 1. The predicted molar refractivity (Wildman–Crippen MR) is 60.6 cm³/mol. The molecular weight excluding hydrogens is 279 g/mol. The van der Waals surface area contributed by atoms with E-state index in [1.54, 1.807) is 0 Å². The molecule has 0 bridgehead atoms. The lowest BCUT2D eigenvalue weighted by molar-refractivity contribution is -0.305. The molecule has 8 heteroatoms. The highest BCUT2D eigenvalue weighted by molar-refractivity contribution is 5.90. The van der Waals surface area contributed by atoms with Gasteiger partial charge in [0, 0.05) is 18.1 Å². The summed E-state index contributed by atoms with van der Waals surface area (Å²) in [7, 11) is 0. The molecule has 0 aliphatic rings. The van der Waals surface area contributed by atoms with Gasteiger partial charge in [0.25, 0.3) is 0 Å². The molecule has 110 valence electrons. The summed E-state index contributed by atoms with van der Waals surface area (Å²) >= 11 is 0. The fraction of sp³-hybridized carbons (Fsp3) is 0.333. The van der Waals surface area contributed by atoms with Gasteiger partial charge >= 0.3 is 6.36 Å². The largest absolute Gasteiger partial charge is 0.573 e. The second-order valence-electron chi connectivity index (χ2n) is 3.85. The van der Waals surface area contributed by atoms with Crippen LogP contribution in [-0.2, 0) is 9.59 Å². The van der Waals surface area contributed by atoms with Crippen LogP contribution in [0, 0.1) is 0 Å². The highest BCUT2D eigenvalue weighted by Crippen LogP contribution is 2.23. The zero-order valence-corrected chi connectivity index (χ0v) is 10.2. The van der Waals surface area contributed by atoms with Crippen molar-refractivity contribution in [1.29, 1.82) is 0 Å². The number of alkyl halides is 3. The second-order valence-corrected chi connectivity index (χ2v) is 3.85. The van der Waals surface area contributed by atoms with E-state index < -0.39 is 24.0 Å². The van der Waals surface area contributed by atoms with Crippen LogP contribution in [0.25, 0.3) is 0 Å². The Balaban J connectivity index is 2.45. The maximum atomic E-state index is 11.9. The molecule has 0 aliphatic heterocycles. The molecule has 0 spiro atoms. The molecule has 0 radical (unpaired) electrons. The molecule has 5 nitrogen and oxygen atoms in total. The lowest BCUT2D eigenvalue weighted by Crippen LogP contribution is -2.22. The van der Waals surface area contributed by atoms with Gasteiger partial charge in [-0.3, -0.25) is 4.79 Å². The zero-order valence-electron chi connectivity index (χ0n) is 10.2. The smallest absolute Gasteiger partial charge is 0.550 e. The normalized spacial score (nSPS) is 10.9. The average Bonchev–Trinajstić information content (AvgIpc) is 2.29. The number of hydrogen-bond donors (Lipinski definition) is 1. The quantitative estimate of drug-likeness (QED) is 0.860. The van der Waals surface area contributed by atoms with Crippen molar-refractivity contribution < 1.29 is 32.6 Å². The number of carbonyl (C=O) groups excluding carboxylic acids is 2. The zero-order chi connectivity index (χ0) is 15.2. The molecule has 1 aromatic rings. The maximum absolute atomic E-state index is 11.9. The number of carboxylic acid groups (broad SMARTS) is 1. The van der Waals surface area contributed by atoms with Crippen molar-refractivity contribution in [2.24, 2.45) is 0 Å². The Hall–Kier alpha value is -2.25. The summed E-state index contributed by atoms with van der Waals surface area (Å²) in [6.07, 6.45) is -4.89. The van der Waals surface area contributed by atoms with Crippen molar-refractivity contribution in [3.63, 3.8) is 0 Å². The Morgan fingerprint density at radius 2 is 1.75 bits per heavy atom. The molecule has 20 heavy (non-hydrogen) atoms. The Kier molecular flexibility index (Phi) is 5.36. The number of ether oxygens (including phenoxy) is 1. The molecule has 1 aromatic carbocycles. The number of aliphatic carboxylic acids is 1. The van der Waals surface area contributed by atoms with Crippen LogP contribution in [0.1, 0.15) is 19.3 Å². The van der Waals surface area contributed by atoms with E-state index in [1.165, 1.54) is 12.1 Å². The summed E-state index contributed by atoms with van der Waals surface area (Å²) < 4.78 is 39.4. The molecular formula is C12H11F3NO4-. The number of halogens is 3. The highest BCUT2D eigenvalue weighted by Gasteiger charge is 2.30. The van der Waals surface area contributed by atoms with E-state index in [0.29, 0.717) is 0 Å². The van der Waals surface area contributed by atoms with E-state index in [0.717, 1.165) is 12.1 Å². The SMILES string of the molecule is O=C([O-])CCCC(=O)Nc1ccc(OC(F)(F)F)cc1. The Morgan fingerprint density at radius 3 is 2.25 bits per heavy atom. The van der Waals surface area contributed by atoms with Gasteiger partial charge in [-0.15, -0.1) is 13.2 Å². The van der Waals surface area contributed by atoms with Crippen molar-refractivity contribution in [3.05, 3.63) is 24.3 Å². The summed E-state index contributed by atoms with van der Waals surface area (Å²) in [4.78, 5) is 21.5. The van der Waals surface area contributed by atoms with Gasteiger partial charge in [-0.05, 0) is 37.1 Å². The van der Waals surface area contributed by atoms with Crippen LogP contribution in [0.2, 0.25) is 0 Å². The van der Waals surface area contributed by atoms with Crippen LogP contribution in [0.4, 0.5) is 18.9 Å². The van der Waals surface area contributed by atoms with Gasteiger partial charge in [0.05, 0.1) is 0 Å². The highest BCUT2D eigenvalue weighted by atomic mass is 19.4. The minimum atomic E-state index is -4.77. The summed E-state index contributed by atoms with van der Waals surface area (Å²) in [6.45, 7) is 0. The van der Waals surface area contributed by atoms with Crippen molar-refractivity contribution >= 4 is 17.6 Å². The molecule has 0 atom stereocenters. The monoisotopic (exact) mass is 290 g/mol. The molecule has 0 saturated carbocycles. The first kappa shape index (κ1) is 15.8. The third kappa shape index (κ3) is 6.62. The van der Waals surface area contributed by atoms with E-state index in [2.05, 4.69) is 10.1 Å². The van der Waals surface area contributed by atoms with Gasteiger partial charge in [-0.1, -0.05) is 0 Å². The van der Waals surface area contributed by atoms with E-state index in [-0.39, 0.29) is 24.9 Å². The first-order chi connectivity index (χ1) is 9.26. The summed E-state index contributed by atoms with van der Waals surface area (Å²) in [5, 5.41) is 12.6. The number of hydrogen-bond acceptors (Lipinski definition) is 4. The molecule has 0 unspecified atom stereocenters. The second kappa shape index (κ2) is 6.78. The summed E-state index contributed by atoms with van der Waals surface area (Å²) in [5.74, 6) is -2.07. The maximum Gasteiger partial charge on any atom is 0.573 e. The van der Waals surface area contributed by atoms with Crippen molar-refractivity contribution in [1.82, 2.24) is 0 Å². The average molecular weight is 290 g/mol. The molecule has 1 rings (SSSR count). The van der Waals surface area contributed by atoms with Crippen LogP contribution < -0.4 is 15.2 Å². The van der Waals surface area contributed by atoms with Crippen LogP contribution in [0.3, 0.4) is 0 Å². The van der Waals surface area contributed by atoms with E-state index >= 15 is 0 Å². The third-order valence-corrected chi connectivity index (χ3v) is 2.16. The number of anilines is 1. The summed E-state index contributed by atoms with van der Waals surface area (Å²) in [6, 6.07) is 4.62. The minimum Gasteiger partial charge on any atom is -0.550 e. The van der Waals surface area contributed by atoms with Crippen LogP contribution >= 0.6 is 0 Å². The number of benzene rings is 1.